The normalized spacial score (nSPS) is 11.1. The molecule has 134 valence electrons. The second-order valence-electron chi connectivity index (χ2n) is 7.11. The monoisotopic (exact) mass is 340 g/mol. The van der Waals surface area contributed by atoms with E-state index >= 15 is 0 Å². The minimum absolute atomic E-state index is 0.0389. The average Bonchev–Trinajstić information content (AvgIpc) is 2.51. The third-order valence-corrected chi connectivity index (χ3v) is 4.66. The van der Waals surface area contributed by atoms with E-state index in [4.69, 9.17) is 0 Å². The fraction of sp³-hybridized carbons (Fsp3) is 0.409. The van der Waals surface area contributed by atoms with Crippen LogP contribution in [0.25, 0.3) is 0 Å². The van der Waals surface area contributed by atoms with Gasteiger partial charge in [-0.15, -0.1) is 0 Å². The molecule has 0 aliphatic heterocycles. The summed E-state index contributed by atoms with van der Waals surface area (Å²) >= 11 is 0. The number of hydrogen-bond acceptors (Lipinski definition) is 3. The molecule has 0 heterocycles. The van der Waals surface area contributed by atoms with Crippen LogP contribution < -0.4 is 0 Å². The number of rotatable bonds is 6. The number of benzene rings is 2. The van der Waals surface area contributed by atoms with Crippen LogP contribution in [0.3, 0.4) is 0 Å². The number of carbonyl (C=O) groups excluding carboxylic acids is 1. The van der Waals surface area contributed by atoms with Crippen molar-refractivity contribution in [1.29, 1.82) is 0 Å². The van der Waals surface area contributed by atoms with E-state index in [1.807, 2.05) is 33.8 Å². The molecular formula is C22H28O3. The zero-order valence-electron chi connectivity index (χ0n) is 15.8. The van der Waals surface area contributed by atoms with Gasteiger partial charge >= 0.3 is 0 Å². The summed E-state index contributed by atoms with van der Waals surface area (Å²) in [5, 5.41) is 20.1. The Labute approximate surface area is 150 Å². The number of ketones is 1. The van der Waals surface area contributed by atoms with Gasteiger partial charge < -0.3 is 10.2 Å². The Bertz CT molecular complexity index is 765. The van der Waals surface area contributed by atoms with Gasteiger partial charge in [0.2, 0.25) is 0 Å². The minimum Gasteiger partial charge on any atom is -0.508 e. The second kappa shape index (κ2) is 7.73. The highest BCUT2D eigenvalue weighted by Crippen LogP contribution is 2.32. The highest BCUT2D eigenvalue weighted by Gasteiger charge is 2.21. The van der Waals surface area contributed by atoms with Crippen molar-refractivity contribution < 1.29 is 15.0 Å². The summed E-state index contributed by atoms with van der Waals surface area (Å²) < 4.78 is 0. The topological polar surface area (TPSA) is 57.5 Å². The van der Waals surface area contributed by atoms with Crippen LogP contribution >= 0.6 is 0 Å². The molecule has 2 aromatic carbocycles. The molecule has 0 saturated heterocycles. The summed E-state index contributed by atoms with van der Waals surface area (Å²) in [5.74, 6) is 0.528. The number of aryl methyl sites for hydroxylation is 3. The van der Waals surface area contributed by atoms with E-state index in [2.05, 4.69) is 6.92 Å². The van der Waals surface area contributed by atoms with Gasteiger partial charge in [0.1, 0.15) is 11.5 Å². The van der Waals surface area contributed by atoms with Gasteiger partial charge in [-0.25, -0.2) is 0 Å². The molecule has 0 aromatic heterocycles. The maximum atomic E-state index is 13.3. The Hall–Kier alpha value is -2.29. The Balaban J connectivity index is 2.63. The number of hydrogen-bond donors (Lipinski definition) is 2. The maximum absolute atomic E-state index is 13.3. The molecule has 3 nitrogen and oxygen atoms in total. The van der Waals surface area contributed by atoms with Crippen molar-refractivity contribution in [3.05, 3.63) is 57.6 Å². The smallest absolute Gasteiger partial charge is 0.193 e. The molecule has 0 amide bonds. The van der Waals surface area contributed by atoms with Crippen LogP contribution in [0.15, 0.2) is 24.3 Å². The van der Waals surface area contributed by atoms with Crippen molar-refractivity contribution in [2.24, 2.45) is 0 Å². The van der Waals surface area contributed by atoms with Crippen molar-refractivity contribution in [1.82, 2.24) is 0 Å². The van der Waals surface area contributed by atoms with Crippen molar-refractivity contribution in [3.63, 3.8) is 0 Å². The van der Waals surface area contributed by atoms with Crippen LogP contribution in [0.1, 0.15) is 77.7 Å². The molecule has 0 fully saturated rings. The van der Waals surface area contributed by atoms with Crippen molar-refractivity contribution in [3.8, 4) is 11.5 Å². The first-order chi connectivity index (χ1) is 11.8. The molecule has 0 unspecified atom stereocenters. The molecular weight excluding hydrogens is 312 g/mol. The predicted octanol–water partition coefficient (Wildman–Crippen LogP) is 5.41. The molecule has 0 aliphatic rings. The van der Waals surface area contributed by atoms with E-state index in [1.54, 1.807) is 18.2 Å². The van der Waals surface area contributed by atoms with Gasteiger partial charge in [-0.3, -0.25) is 4.79 Å². The third-order valence-electron chi connectivity index (χ3n) is 4.66. The Morgan fingerprint density at radius 2 is 1.64 bits per heavy atom. The van der Waals surface area contributed by atoms with Crippen LogP contribution in [-0.4, -0.2) is 16.0 Å². The lowest BCUT2D eigenvalue weighted by atomic mass is 9.87. The van der Waals surface area contributed by atoms with E-state index in [-0.39, 0.29) is 23.2 Å². The third kappa shape index (κ3) is 4.04. The van der Waals surface area contributed by atoms with E-state index in [0.29, 0.717) is 11.1 Å². The number of unbranched alkanes of at least 4 members (excludes halogenated alkanes) is 1. The first-order valence-electron chi connectivity index (χ1n) is 8.96. The molecule has 0 spiro atoms. The van der Waals surface area contributed by atoms with Gasteiger partial charge in [-0.1, -0.05) is 27.2 Å². The average molecular weight is 340 g/mol. The van der Waals surface area contributed by atoms with Gasteiger partial charge in [-0.2, -0.15) is 0 Å². The highest BCUT2D eigenvalue weighted by atomic mass is 16.3. The Morgan fingerprint density at radius 1 is 1.04 bits per heavy atom. The standard InChI is InChI=1S/C22H28O3/c1-6-7-8-16-11-20(24)18(13(2)3)12-19(16)22(25)21-14(4)9-17(23)10-15(21)5/h9-13,23-24H,6-8H2,1-5H3. The van der Waals surface area contributed by atoms with Gasteiger partial charge in [0.25, 0.3) is 0 Å². The number of phenolic OH excluding ortho intramolecular Hbond substituents is 2. The fourth-order valence-electron chi connectivity index (χ4n) is 3.33. The van der Waals surface area contributed by atoms with Crippen LogP contribution in [0.4, 0.5) is 0 Å². The van der Waals surface area contributed by atoms with Gasteiger partial charge in [-0.05, 0) is 79.1 Å². The van der Waals surface area contributed by atoms with Crippen LogP contribution in [0, 0.1) is 13.8 Å². The van der Waals surface area contributed by atoms with Crippen molar-refractivity contribution >= 4 is 5.78 Å². The SMILES string of the molecule is CCCCc1cc(O)c(C(C)C)cc1C(=O)c1c(C)cc(O)cc1C. The molecule has 2 N–H and O–H groups in total. The predicted molar refractivity (Wildman–Crippen MR) is 102 cm³/mol. The van der Waals surface area contributed by atoms with Gasteiger partial charge in [0, 0.05) is 11.1 Å². The summed E-state index contributed by atoms with van der Waals surface area (Å²) in [6.07, 6.45) is 2.76. The number of carbonyl (C=O) groups is 1. The fourth-order valence-corrected chi connectivity index (χ4v) is 3.33. The van der Waals surface area contributed by atoms with E-state index in [0.717, 1.165) is 41.5 Å². The lowest BCUT2D eigenvalue weighted by molar-refractivity contribution is 0.103. The second-order valence-corrected chi connectivity index (χ2v) is 7.11. The summed E-state index contributed by atoms with van der Waals surface area (Å²) in [5.41, 5.74) is 4.51. The first-order valence-corrected chi connectivity index (χ1v) is 8.96. The number of aromatic hydroxyl groups is 2. The first kappa shape index (κ1) is 19.0. The summed E-state index contributed by atoms with van der Waals surface area (Å²) in [6.45, 7) is 9.81. The van der Waals surface area contributed by atoms with Crippen molar-refractivity contribution in [2.45, 2.75) is 59.8 Å². The summed E-state index contributed by atoms with van der Waals surface area (Å²) in [7, 11) is 0. The molecule has 2 aromatic rings. The lowest BCUT2D eigenvalue weighted by Crippen LogP contribution is -2.11. The summed E-state index contributed by atoms with van der Waals surface area (Å²) in [6, 6.07) is 6.84. The van der Waals surface area contributed by atoms with Crippen LogP contribution in [-0.2, 0) is 6.42 Å². The molecule has 0 atom stereocenters. The molecule has 0 radical (unpaired) electrons. The van der Waals surface area contributed by atoms with E-state index in [1.165, 1.54) is 0 Å². The van der Waals surface area contributed by atoms with Crippen molar-refractivity contribution in [2.75, 3.05) is 0 Å². The number of phenols is 2. The van der Waals surface area contributed by atoms with E-state index in [9.17, 15) is 15.0 Å². The molecule has 3 heteroatoms. The highest BCUT2D eigenvalue weighted by molar-refractivity contribution is 6.12. The zero-order chi connectivity index (χ0) is 18.7. The molecule has 25 heavy (non-hydrogen) atoms. The quantitative estimate of drug-likeness (QED) is 0.691. The molecule has 0 bridgehead atoms. The van der Waals surface area contributed by atoms with Gasteiger partial charge in [0.05, 0.1) is 0 Å². The van der Waals surface area contributed by atoms with Crippen LogP contribution in [0.2, 0.25) is 0 Å². The Kier molecular flexibility index (Phi) is 5.89. The Morgan fingerprint density at radius 3 is 2.16 bits per heavy atom. The lowest BCUT2D eigenvalue weighted by Gasteiger charge is -2.17. The largest absolute Gasteiger partial charge is 0.508 e. The summed E-state index contributed by atoms with van der Waals surface area (Å²) in [4.78, 5) is 13.3. The van der Waals surface area contributed by atoms with Crippen LogP contribution in [0.5, 0.6) is 11.5 Å². The zero-order valence-corrected chi connectivity index (χ0v) is 15.8. The minimum atomic E-state index is -0.0389. The van der Waals surface area contributed by atoms with E-state index < -0.39 is 0 Å². The molecule has 0 aliphatic carbocycles. The maximum Gasteiger partial charge on any atom is 0.193 e. The van der Waals surface area contributed by atoms with Gasteiger partial charge in [0.15, 0.2) is 5.78 Å². The molecule has 0 saturated carbocycles. The molecule has 2 rings (SSSR count).